The molecule has 0 atom stereocenters. The maximum absolute atomic E-state index is 12.0. The van der Waals surface area contributed by atoms with Gasteiger partial charge < -0.3 is 9.47 Å². The SMILES string of the molecule is O=C(OCC1CCC(COCc2ccccc2)CC1)c1ccccc1. The molecule has 25 heavy (non-hydrogen) atoms. The van der Waals surface area contributed by atoms with Gasteiger partial charge in [0.15, 0.2) is 0 Å². The van der Waals surface area contributed by atoms with Crippen LogP contribution >= 0.6 is 0 Å². The Morgan fingerprint density at radius 1 is 0.800 bits per heavy atom. The van der Waals surface area contributed by atoms with E-state index in [-0.39, 0.29) is 5.97 Å². The number of carbonyl (C=O) groups excluding carboxylic acids is 1. The summed E-state index contributed by atoms with van der Waals surface area (Å²) in [6.07, 6.45) is 4.54. The molecule has 3 heteroatoms. The topological polar surface area (TPSA) is 35.5 Å². The maximum atomic E-state index is 12.0. The minimum atomic E-state index is -0.214. The molecule has 0 amide bonds. The molecule has 1 saturated carbocycles. The van der Waals surface area contributed by atoms with Crippen molar-refractivity contribution >= 4 is 5.97 Å². The second-order valence-electron chi connectivity index (χ2n) is 6.85. The average molecular weight is 338 g/mol. The third-order valence-electron chi connectivity index (χ3n) is 4.89. The van der Waals surface area contributed by atoms with Crippen molar-refractivity contribution in [2.75, 3.05) is 13.2 Å². The van der Waals surface area contributed by atoms with E-state index < -0.39 is 0 Å². The van der Waals surface area contributed by atoms with Crippen LogP contribution in [0, 0.1) is 11.8 Å². The third-order valence-corrected chi connectivity index (χ3v) is 4.89. The first-order valence-corrected chi connectivity index (χ1v) is 9.15. The van der Waals surface area contributed by atoms with E-state index in [2.05, 4.69) is 12.1 Å². The van der Waals surface area contributed by atoms with E-state index in [0.717, 1.165) is 32.3 Å². The molecule has 0 saturated heterocycles. The Kier molecular flexibility index (Phi) is 6.63. The Hall–Kier alpha value is -2.13. The van der Waals surface area contributed by atoms with Gasteiger partial charge >= 0.3 is 5.97 Å². The van der Waals surface area contributed by atoms with Crippen molar-refractivity contribution in [2.24, 2.45) is 11.8 Å². The zero-order valence-electron chi connectivity index (χ0n) is 14.6. The van der Waals surface area contributed by atoms with Gasteiger partial charge in [-0.25, -0.2) is 4.79 Å². The van der Waals surface area contributed by atoms with Crippen molar-refractivity contribution in [3.63, 3.8) is 0 Å². The first-order valence-electron chi connectivity index (χ1n) is 9.15. The van der Waals surface area contributed by atoms with Crippen molar-refractivity contribution in [1.82, 2.24) is 0 Å². The number of benzene rings is 2. The van der Waals surface area contributed by atoms with E-state index in [1.807, 2.05) is 36.4 Å². The fraction of sp³-hybridized carbons (Fsp3) is 0.409. The van der Waals surface area contributed by atoms with Gasteiger partial charge in [-0.15, -0.1) is 0 Å². The van der Waals surface area contributed by atoms with E-state index in [4.69, 9.17) is 9.47 Å². The highest BCUT2D eigenvalue weighted by Gasteiger charge is 2.22. The van der Waals surface area contributed by atoms with Gasteiger partial charge in [-0.1, -0.05) is 48.5 Å². The number of carbonyl (C=O) groups is 1. The van der Waals surface area contributed by atoms with Crippen LogP contribution in [0.3, 0.4) is 0 Å². The largest absolute Gasteiger partial charge is 0.462 e. The van der Waals surface area contributed by atoms with Crippen LogP contribution in [0.5, 0.6) is 0 Å². The lowest BCUT2D eigenvalue weighted by Gasteiger charge is -2.28. The first-order chi connectivity index (χ1) is 12.3. The zero-order chi connectivity index (χ0) is 17.3. The number of rotatable bonds is 7. The molecular formula is C22H26O3. The lowest BCUT2D eigenvalue weighted by molar-refractivity contribution is 0.0325. The standard InChI is InChI=1S/C22H26O3/c23-22(21-9-5-2-6-10-21)25-17-20-13-11-19(12-14-20)16-24-15-18-7-3-1-4-8-18/h1-10,19-20H,11-17H2. The first kappa shape index (κ1) is 17.7. The van der Waals surface area contributed by atoms with E-state index in [1.54, 1.807) is 12.1 Å². The van der Waals surface area contributed by atoms with Gasteiger partial charge in [0.2, 0.25) is 0 Å². The van der Waals surface area contributed by atoms with Gasteiger partial charge in [-0.05, 0) is 55.2 Å². The maximum Gasteiger partial charge on any atom is 0.338 e. The molecule has 1 aliphatic carbocycles. The zero-order valence-corrected chi connectivity index (χ0v) is 14.6. The van der Waals surface area contributed by atoms with Gasteiger partial charge in [-0.2, -0.15) is 0 Å². The van der Waals surface area contributed by atoms with Crippen molar-refractivity contribution in [3.8, 4) is 0 Å². The summed E-state index contributed by atoms with van der Waals surface area (Å²) in [4.78, 5) is 12.0. The second-order valence-corrected chi connectivity index (χ2v) is 6.85. The van der Waals surface area contributed by atoms with E-state index in [0.29, 0.717) is 30.6 Å². The molecular weight excluding hydrogens is 312 g/mol. The average Bonchev–Trinajstić information content (AvgIpc) is 2.68. The molecule has 0 heterocycles. The Morgan fingerprint density at radius 3 is 2.00 bits per heavy atom. The number of ether oxygens (including phenoxy) is 2. The Morgan fingerprint density at radius 2 is 1.36 bits per heavy atom. The predicted molar refractivity (Wildman–Crippen MR) is 98.3 cm³/mol. The molecule has 1 fully saturated rings. The van der Waals surface area contributed by atoms with Crippen molar-refractivity contribution in [1.29, 1.82) is 0 Å². The van der Waals surface area contributed by atoms with Crippen molar-refractivity contribution in [2.45, 2.75) is 32.3 Å². The van der Waals surface area contributed by atoms with Crippen LogP contribution in [-0.4, -0.2) is 19.2 Å². The second kappa shape index (κ2) is 9.38. The summed E-state index contributed by atoms with van der Waals surface area (Å²) in [5, 5.41) is 0. The van der Waals surface area contributed by atoms with E-state index in [1.165, 1.54) is 5.56 Å². The third kappa shape index (κ3) is 5.71. The number of esters is 1. The van der Waals surface area contributed by atoms with Crippen LogP contribution in [0.4, 0.5) is 0 Å². The van der Waals surface area contributed by atoms with Crippen LogP contribution in [0.1, 0.15) is 41.6 Å². The van der Waals surface area contributed by atoms with Gasteiger partial charge in [0.1, 0.15) is 0 Å². The summed E-state index contributed by atoms with van der Waals surface area (Å²) >= 11 is 0. The smallest absolute Gasteiger partial charge is 0.338 e. The fourth-order valence-electron chi connectivity index (χ4n) is 3.33. The van der Waals surface area contributed by atoms with Crippen LogP contribution in [0.2, 0.25) is 0 Å². The number of hydrogen-bond donors (Lipinski definition) is 0. The summed E-state index contributed by atoms with van der Waals surface area (Å²) < 4.78 is 11.3. The summed E-state index contributed by atoms with van der Waals surface area (Å²) in [6, 6.07) is 19.5. The fourth-order valence-corrected chi connectivity index (χ4v) is 3.33. The highest BCUT2D eigenvalue weighted by atomic mass is 16.5. The molecule has 0 aliphatic heterocycles. The van der Waals surface area contributed by atoms with Crippen LogP contribution in [0.15, 0.2) is 60.7 Å². The normalized spacial score (nSPS) is 20.2. The molecule has 132 valence electrons. The summed E-state index contributed by atoms with van der Waals surface area (Å²) in [5.74, 6) is 0.900. The van der Waals surface area contributed by atoms with Gasteiger partial charge in [0.25, 0.3) is 0 Å². The Balaban J connectivity index is 1.31. The minimum absolute atomic E-state index is 0.214. The molecule has 0 aromatic heterocycles. The predicted octanol–water partition coefficient (Wildman–Crippen LogP) is 4.87. The van der Waals surface area contributed by atoms with E-state index >= 15 is 0 Å². The number of hydrogen-bond acceptors (Lipinski definition) is 3. The van der Waals surface area contributed by atoms with Crippen molar-refractivity contribution in [3.05, 3.63) is 71.8 Å². The monoisotopic (exact) mass is 338 g/mol. The lowest BCUT2D eigenvalue weighted by atomic mass is 9.83. The van der Waals surface area contributed by atoms with Gasteiger partial charge in [0, 0.05) is 6.61 Å². The van der Waals surface area contributed by atoms with Crippen LogP contribution in [0.25, 0.3) is 0 Å². The molecule has 2 aromatic rings. The Bertz CT molecular complexity index is 631. The molecule has 3 rings (SSSR count). The van der Waals surface area contributed by atoms with Crippen LogP contribution in [-0.2, 0) is 16.1 Å². The van der Waals surface area contributed by atoms with Crippen LogP contribution < -0.4 is 0 Å². The molecule has 0 bridgehead atoms. The van der Waals surface area contributed by atoms with E-state index in [9.17, 15) is 4.79 Å². The molecule has 0 N–H and O–H groups in total. The molecule has 0 unspecified atom stereocenters. The Labute approximate surface area is 150 Å². The highest BCUT2D eigenvalue weighted by molar-refractivity contribution is 5.89. The van der Waals surface area contributed by atoms with Crippen molar-refractivity contribution < 1.29 is 14.3 Å². The molecule has 3 nitrogen and oxygen atoms in total. The molecule has 0 spiro atoms. The summed E-state index contributed by atoms with van der Waals surface area (Å²) in [7, 11) is 0. The highest BCUT2D eigenvalue weighted by Crippen LogP contribution is 2.29. The van der Waals surface area contributed by atoms with Gasteiger partial charge in [0.05, 0.1) is 18.8 Å². The molecule has 0 radical (unpaired) electrons. The molecule has 1 aliphatic rings. The lowest BCUT2D eigenvalue weighted by Crippen LogP contribution is -2.23. The molecule has 2 aromatic carbocycles. The summed E-state index contributed by atoms with van der Waals surface area (Å²) in [6.45, 7) is 2.05. The minimum Gasteiger partial charge on any atom is -0.462 e. The summed E-state index contributed by atoms with van der Waals surface area (Å²) in [5.41, 5.74) is 1.86. The van der Waals surface area contributed by atoms with Gasteiger partial charge in [-0.3, -0.25) is 0 Å². The quantitative estimate of drug-likeness (QED) is 0.676.